The van der Waals surface area contributed by atoms with Crippen LogP contribution in [0.2, 0.25) is 0 Å². The van der Waals surface area contributed by atoms with Crippen molar-refractivity contribution in [2.24, 2.45) is 0 Å². The summed E-state index contributed by atoms with van der Waals surface area (Å²) in [4.78, 5) is 15.0. The summed E-state index contributed by atoms with van der Waals surface area (Å²) in [7, 11) is 3.28. The summed E-state index contributed by atoms with van der Waals surface area (Å²) < 4.78 is 5.13. The van der Waals surface area contributed by atoms with Gasteiger partial charge in [0, 0.05) is 11.9 Å². The number of urea groups is 1. The van der Waals surface area contributed by atoms with E-state index in [4.69, 9.17) is 4.74 Å². The number of carbonyl (C=O) groups is 1. The van der Waals surface area contributed by atoms with Gasteiger partial charge in [-0.05, 0) is 41.6 Å². The van der Waals surface area contributed by atoms with Crippen LogP contribution in [-0.4, -0.2) is 36.8 Å². The van der Waals surface area contributed by atoms with Crippen molar-refractivity contribution in [3.05, 3.63) is 51.7 Å². The number of aliphatic hydroxyl groups excluding tert-OH is 1. The molecule has 1 aromatic heterocycles. The molecule has 0 unspecified atom stereocenters. The molecule has 2 rings (SSSR count). The lowest BCUT2D eigenvalue weighted by Gasteiger charge is -2.27. The molecule has 1 atom stereocenters. The zero-order chi connectivity index (χ0) is 16.8. The van der Waals surface area contributed by atoms with Gasteiger partial charge in [-0.2, -0.15) is 0 Å². The first-order chi connectivity index (χ1) is 11.1. The Labute approximate surface area is 140 Å². The second kappa shape index (κ2) is 7.99. The molecular weight excluding hydrogens is 312 g/mol. The summed E-state index contributed by atoms with van der Waals surface area (Å²) in [5.74, 6) is 0.741. The number of rotatable bonds is 6. The number of likely N-dealkylation sites (N-methyl/N-ethyl adjacent to an activating group) is 1. The molecule has 0 saturated heterocycles. The third-order valence-electron chi connectivity index (χ3n) is 3.83. The molecule has 0 aliphatic rings. The van der Waals surface area contributed by atoms with Gasteiger partial charge in [-0.1, -0.05) is 12.1 Å². The maximum Gasteiger partial charge on any atom is 0.318 e. The Kier molecular flexibility index (Phi) is 6.01. The van der Waals surface area contributed by atoms with Gasteiger partial charge in [-0.15, -0.1) is 11.3 Å². The molecule has 0 fully saturated rings. The lowest BCUT2D eigenvalue weighted by molar-refractivity contribution is 0.149. The second-order valence-electron chi connectivity index (χ2n) is 5.27. The van der Waals surface area contributed by atoms with E-state index in [0.717, 1.165) is 16.2 Å². The zero-order valence-electron chi connectivity index (χ0n) is 13.6. The fraction of sp³-hybridized carbons (Fsp3) is 0.353. The highest BCUT2D eigenvalue weighted by Crippen LogP contribution is 2.22. The van der Waals surface area contributed by atoms with Crippen LogP contribution in [0.1, 0.15) is 22.0 Å². The average Bonchev–Trinajstić information content (AvgIpc) is 2.99. The highest BCUT2D eigenvalue weighted by atomic mass is 32.1. The Balaban J connectivity index is 2.01. The third-order valence-corrected chi connectivity index (χ3v) is 4.85. The molecule has 2 aromatic rings. The van der Waals surface area contributed by atoms with Crippen molar-refractivity contribution in [1.29, 1.82) is 0 Å². The van der Waals surface area contributed by atoms with Crippen molar-refractivity contribution in [1.82, 2.24) is 10.2 Å². The molecular formula is C17H22N2O3S. The molecule has 0 aliphatic heterocycles. The molecule has 2 N–H and O–H groups in total. The molecule has 2 amide bonds. The van der Waals surface area contributed by atoms with Crippen LogP contribution in [-0.2, 0) is 6.54 Å². The number of aliphatic hydroxyl groups is 1. The fourth-order valence-electron chi connectivity index (χ4n) is 2.28. The molecule has 124 valence electrons. The molecule has 23 heavy (non-hydrogen) atoms. The molecule has 6 heteroatoms. The van der Waals surface area contributed by atoms with Crippen molar-refractivity contribution in [3.63, 3.8) is 0 Å². The van der Waals surface area contributed by atoms with Crippen molar-refractivity contribution in [2.75, 3.05) is 20.8 Å². The molecule has 0 radical (unpaired) electrons. The zero-order valence-corrected chi connectivity index (χ0v) is 14.4. The van der Waals surface area contributed by atoms with E-state index in [2.05, 4.69) is 5.32 Å². The predicted octanol–water partition coefficient (Wildman–Crippen LogP) is 2.94. The molecule has 1 heterocycles. The van der Waals surface area contributed by atoms with Gasteiger partial charge in [0.05, 0.1) is 26.3 Å². The van der Waals surface area contributed by atoms with Crippen molar-refractivity contribution in [2.45, 2.75) is 19.5 Å². The maximum absolute atomic E-state index is 12.3. The Bertz CT molecular complexity index is 640. The minimum atomic E-state index is -0.398. The number of nitrogens with one attached hydrogen (secondary N) is 1. The number of thiophene rings is 1. The average molecular weight is 334 g/mol. The molecule has 0 bridgehead atoms. The van der Waals surface area contributed by atoms with Crippen LogP contribution in [0.3, 0.4) is 0 Å². The van der Waals surface area contributed by atoms with Gasteiger partial charge in [0.2, 0.25) is 0 Å². The summed E-state index contributed by atoms with van der Waals surface area (Å²) in [6.45, 7) is 2.37. The molecule has 0 saturated carbocycles. The van der Waals surface area contributed by atoms with Crippen LogP contribution in [0.15, 0.2) is 35.7 Å². The first-order valence-corrected chi connectivity index (χ1v) is 8.23. The Morgan fingerprint density at radius 1 is 1.35 bits per heavy atom. The van der Waals surface area contributed by atoms with E-state index in [1.165, 1.54) is 10.5 Å². The maximum atomic E-state index is 12.3. The fourth-order valence-corrected chi connectivity index (χ4v) is 3.13. The van der Waals surface area contributed by atoms with Crippen LogP contribution in [0.4, 0.5) is 4.79 Å². The van der Waals surface area contributed by atoms with Crippen LogP contribution in [0, 0.1) is 6.92 Å². The Hall–Kier alpha value is -2.05. The summed E-state index contributed by atoms with van der Waals surface area (Å²) >= 11 is 1.62. The minimum absolute atomic E-state index is 0.145. The SMILES string of the molecule is COc1ccc([C@@H](CO)N(C)C(=O)NCc2sccc2C)cc1. The summed E-state index contributed by atoms with van der Waals surface area (Å²) in [6, 6.07) is 8.76. The van der Waals surface area contributed by atoms with Crippen molar-refractivity contribution >= 4 is 17.4 Å². The van der Waals surface area contributed by atoms with Crippen LogP contribution < -0.4 is 10.1 Å². The Morgan fingerprint density at radius 2 is 2.04 bits per heavy atom. The quantitative estimate of drug-likeness (QED) is 0.854. The first-order valence-electron chi connectivity index (χ1n) is 7.35. The number of benzene rings is 1. The van der Waals surface area contributed by atoms with Gasteiger partial charge in [-0.3, -0.25) is 0 Å². The lowest BCUT2D eigenvalue weighted by atomic mass is 10.1. The topological polar surface area (TPSA) is 61.8 Å². The van der Waals surface area contributed by atoms with E-state index < -0.39 is 6.04 Å². The standard InChI is InChI=1S/C17H22N2O3S/c1-12-8-9-23-16(12)10-18-17(21)19(2)15(11-20)13-4-6-14(22-3)7-5-13/h4-9,15,20H,10-11H2,1-3H3,(H,18,21)/t15-/m1/s1. The van der Waals surface area contributed by atoms with Crippen LogP contribution >= 0.6 is 11.3 Å². The van der Waals surface area contributed by atoms with Crippen LogP contribution in [0.25, 0.3) is 0 Å². The van der Waals surface area contributed by atoms with Gasteiger partial charge in [0.15, 0.2) is 0 Å². The van der Waals surface area contributed by atoms with E-state index in [-0.39, 0.29) is 12.6 Å². The second-order valence-corrected chi connectivity index (χ2v) is 6.27. The van der Waals surface area contributed by atoms with Gasteiger partial charge in [-0.25, -0.2) is 4.79 Å². The molecule has 0 aliphatic carbocycles. The van der Waals surface area contributed by atoms with E-state index in [1.54, 1.807) is 25.5 Å². The number of amides is 2. The Morgan fingerprint density at radius 3 is 2.57 bits per heavy atom. The van der Waals surface area contributed by atoms with Crippen molar-refractivity contribution < 1.29 is 14.6 Å². The summed E-state index contributed by atoms with van der Waals surface area (Å²) in [6.07, 6.45) is 0. The van der Waals surface area contributed by atoms with Gasteiger partial charge < -0.3 is 20.1 Å². The largest absolute Gasteiger partial charge is 0.497 e. The van der Waals surface area contributed by atoms with E-state index >= 15 is 0 Å². The number of carbonyl (C=O) groups excluding carboxylic acids is 1. The number of aryl methyl sites for hydroxylation is 1. The number of ether oxygens (including phenoxy) is 1. The van der Waals surface area contributed by atoms with E-state index in [9.17, 15) is 9.90 Å². The number of hydrogen-bond donors (Lipinski definition) is 2. The monoisotopic (exact) mass is 334 g/mol. The number of nitrogens with zero attached hydrogens (tertiary/aromatic N) is 1. The number of hydrogen-bond acceptors (Lipinski definition) is 4. The smallest absolute Gasteiger partial charge is 0.318 e. The minimum Gasteiger partial charge on any atom is -0.497 e. The third kappa shape index (κ3) is 4.24. The normalized spacial score (nSPS) is 11.8. The molecule has 0 spiro atoms. The van der Waals surface area contributed by atoms with E-state index in [0.29, 0.717) is 6.54 Å². The van der Waals surface area contributed by atoms with Gasteiger partial charge in [0.25, 0.3) is 0 Å². The van der Waals surface area contributed by atoms with Gasteiger partial charge >= 0.3 is 6.03 Å². The predicted molar refractivity (Wildman–Crippen MR) is 91.9 cm³/mol. The first kappa shape index (κ1) is 17.3. The number of methoxy groups -OCH3 is 1. The highest BCUT2D eigenvalue weighted by Gasteiger charge is 2.21. The summed E-state index contributed by atoms with van der Waals surface area (Å²) in [5, 5.41) is 14.6. The summed E-state index contributed by atoms with van der Waals surface area (Å²) in [5.41, 5.74) is 2.03. The molecule has 5 nitrogen and oxygen atoms in total. The van der Waals surface area contributed by atoms with Gasteiger partial charge in [0.1, 0.15) is 5.75 Å². The lowest BCUT2D eigenvalue weighted by Crippen LogP contribution is -2.40. The highest BCUT2D eigenvalue weighted by molar-refractivity contribution is 7.10. The van der Waals surface area contributed by atoms with Crippen molar-refractivity contribution in [3.8, 4) is 5.75 Å². The van der Waals surface area contributed by atoms with E-state index in [1.807, 2.05) is 42.6 Å². The van der Waals surface area contributed by atoms with Crippen LogP contribution in [0.5, 0.6) is 5.75 Å². The molecule has 1 aromatic carbocycles.